The number of rotatable bonds is 3. The summed E-state index contributed by atoms with van der Waals surface area (Å²) in [5.41, 5.74) is 1.96. The summed E-state index contributed by atoms with van der Waals surface area (Å²) in [6.07, 6.45) is 4.98. The molecule has 1 aliphatic carbocycles. The molecular weight excluding hydrogens is 312 g/mol. The lowest BCUT2D eigenvalue weighted by molar-refractivity contribution is -0.134. The Morgan fingerprint density at radius 1 is 1.26 bits per heavy atom. The standard InChI is InChI=1S/C17H21ClN4O/c1-12-8-15(12)17(23)21-6-4-20(5-7-21)10-14-11-22-9-13(18)2-3-16(22)19-14/h2-3,9,11-12,15H,4-8,10H2,1H3/t12-,15-/m1/s1. The molecule has 0 radical (unpaired) electrons. The molecule has 0 unspecified atom stereocenters. The Hall–Kier alpha value is -1.59. The van der Waals surface area contributed by atoms with E-state index in [4.69, 9.17) is 11.6 Å². The second kappa shape index (κ2) is 5.80. The van der Waals surface area contributed by atoms with Crippen LogP contribution in [0.15, 0.2) is 24.5 Å². The van der Waals surface area contributed by atoms with E-state index in [9.17, 15) is 4.79 Å². The summed E-state index contributed by atoms with van der Waals surface area (Å²) in [6.45, 7) is 6.49. The predicted molar refractivity (Wildman–Crippen MR) is 89.3 cm³/mol. The number of hydrogen-bond acceptors (Lipinski definition) is 3. The number of nitrogens with zero attached hydrogens (tertiary/aromatic N) is 4. The maximum atomic E-state index is 12.3. The quantitative estimate of drug-likeness (QED) is 0.866. The summed E-state index contributed by atoms with van der Waals surface area (Å²) < 4.78 is 1.96. The predicted octanol–water partition coefficient (Wildman–Crippen LogP) is 2.29. The van der Waals surface area contributed by atoms with Gasteiger partial charge < -0.3 is 9.30 Å². The van der Waals surface area contributed by atoms with E-state index in [-0.39, 0.29) is 0 Å². The molecule has 1 saturated heterocycles. The zero-order valence-corrected chi connectivity index (χ0v) is 14.0. The van der Waals surface area contributed by atoms with Crippen LogP contribution >= 0.6 is 11.6 Å². The molecule has 2 fully saturated rings. The molecule has 0 N–H and O–H groups in total. The van der Waals surface area contributed by atoms with Gasteiger partial charge in [0.25, 0.3) is 0 Å². The van der Waals surface area contributed by atoms with E-state index >= 15 is 0 Å². The Kier molecular flexibility index (Phi) is 3.77. The van der Waals surface area contributed by atoms with Crippen LogP contribution in [0.4, 0.5) is 0 Å². The van der Waals surface area contributed by atoms with Crippen LogP contribution in [-0.2, 0) is 11.3 Å². The molecule has 6 heteroatoms. The van der Waals surface area contributed by atoms with Crippen molar-refractivity contribution in [2.75, 3.05) is 26.2 Å². The highest BCUT2D eigenvalue weighted by Crippen LogP contribution is 2.39. The highest BCUT2D eigenvalue weighted by Gasteiger charge is 2.41. The number of carbonyl (C=O) groups excluding carboxylic acids is 1. The first-order chi connectivity index (χ1) is 11.1. The molecule has 1 aliphatic heterocycles. The van der Waals surface area contributed by atoms with Gasteiger partial charge in [0.15, 0.2) is 0 Å². The minimum Gasteiger partial charge on any atom is -0.340 e. The normalized spacial score (nSPS) is 25.0. The first kappa shape index (κ1) is 15.0. The number of hydrogen-bond donors (Lipinski definition) is 0. The van der Waals surface area contributed by atoms with Crippen molar-refractivity contribution in [3.05, 3.63) is 35.2 Å². The van der Waals surface area contributed by atoms with Gasteiger partial charge in [-0.15, -0.1) is 0 Å². The van der Waals surface area contributed by atoms with Crippen molar-refractivity contribution >= 4 is 23.2 Å². The first-order valence-electron chi connectivity index (χ1n) is 8.24. The lowest BCUT2D eigenvalue weighted by atomic mass is 10.2. The van der Waals surface area contributed by atoms with Crippen molar-refractivity contribution in [3.63, 3.8) is 0 Å². The molecule has 23 heavy (non-hydrogen) atoms. The van der Waals surface area contributed by atoms with E-state index in [2.05, 4.69) is 16.8 Å². The van der Waals surface area contributed by atoms with Crippen molar-refractivity contribution < 1.29 is 4.79 Å². The van der Waals surface area contributed by atoms with Crippen LogP contribution in [0.3, 0.4) is 0 Å². The molecule has 0 bridgehead atoms. The van der Waals surface area contributed by atoms with Crippen molar-refractivity contribution in [1.29, 1.82) is 0 Å². The average Bonchev–Trinajstić information content (AvgIpc) is 3.13. The maximum absolute atomic E-state index is 12.3. The third-order valence-corrected chi connectivity index (χ3v) is 5.18. The van der Waals surface area contributed by atoms with Crippen LogP contribution in [0, 0.1) is 11.8 Å². The third-order valence-electron chi connectivity index (χ3n) is 4.96. The van der Waals surface area contributed by atoms with Gasteiger partial charge in [0.2, 0.25) is 5.91 Å². The van der Waals surface area contributed by atoms with Crippen LogP contribution in [0.5, 0.6) is 0 Å². The molecule has 2 atom stereocenters. The van der Waals surface area contributed by atoms with Gasteiger partial charge in [0.05, 0.1) is 10.7 Å². The fourth-order valence-corrected chi connectivity index (χ4v) is 3.52. The molecule has 1 amide bonds. The van der Waals surface area contributed by atoms with Gasteiger partial charge in [-0.2, -0.15) is 0 Å². The molecule has 2 aromatic heterocycles. The average molecular weight is 333 g/mol. The van der Waals surface area contributed by atoms with E-state index in [1.54, 1.807) is 0 Å². The Morgan fingerprint density at radius 2 is 2.00 bits per heavy atom. The third kappa shape index (κ3) is 3.08. The fraction of sp³-hybridized carbons (Fsp3) is 0.529. The maximum Gasteiger partial charge on any atom is 0.226 e. The molecule has 1 saturated carbocycles. The first-order valence-corrected chi connectivity index (χ1v) is 8.62. The molecule has 3 heterocycles. The van der Waals surface area contributed by atoms with Crippen LogP contribution in [0.25, 0.3) is 5.65 Å². The Labute approximate surface area is 140 Å². The number of halogens is 1. The summed E-state index contributed by atoms with van der Waals surface area (Å²) in [7, 11) is 0. The highest BCUT2D eigenvalue weighted by atomic mass is 35.5. The van der Waals surface area contributed by atoms with Gasteiger partial charge in [-0.25, -0.2) is 4.98 Å². The number of fused-ring (bicyclic) bond motifs is 1. The summed E-state index contributed by atoms with van der Waals surface area (Å²) >= 11 is 6.01. The molecule has 4 rings (SSSR count). The molecule has 0 spiro atoms. The van der Waals surface area contributed by atoms with Gasteiger partial charge in [-0.3, -0.25) is 9.69 Å². The zero-order valence-electron chi connectivity index (χ0n) is 13.3. The van der Waals surface area contributed by atoms with Crippen LogP contribution in [-0.4, -0.2) is 51.3 Å². The van der Waals surface area contributed by atoms with Crippen LogP contribution < -0.4 is 0 Å². The number of imidazole rings is 1. The Bertz CT molecular complexity index is 735. The van der Waals surface area contributed by atoms with Gasteiger partial charge >= 0.3 is 0 Å². The molecule has 2 aromatic rings. The second-order valence-corrected chi connectivity index (χ2v) is 7.20. The van der Waals surface area contributed by atoms with E-state index in [1.807, 2.05) is 33.8 Å². The fourth-order valence-electron chi connectivity index (χ4n) is 3.35. The summed E-state index contributed by atoms with van der Waals surface area (Å²) in [5.74, 6) is 1.24. The van der Waals surface area contributed by atoms with E-state index in [0.29, 0.717) is 22.8 Å². The van der Waals surface area contributed by atoms with E-state index in [0.717, 1.165) is 50.5 Å². The number of amides is 1. The minimum atomic E-state index is 0.296. The number of piperazine rings is 1. The summed E-state index contributed by atoms with van der Waals surface area (Å²) in [5, 5.41) is 0.711. The van der Waals surface area contributed by atoms with Gasteiger partial charge in [-0.05, 0) is 24.5 Å². The number of pyridine rings is 1. The number of aromatic nitrogens is 2. The second-order valence-electron chi connectivity index (χ2n) is 6.77. The SMILES string of the molecule is C[C@@H]1C[C@H]1C(=O)N1CCN(Cc2cn3cc(Cl)ccc3n2)CC1. The molecule has 5 nitrogen and oxygen atoms in total. The van der Waals surface area contributed by atoms with Crippen LogP contribution in [0.1, 0.15) is 19.0 Å². The van der Waals surface area contributed by atoms with Gasteiger partial charge in [-0.1, -0.05) is 18.5 Å². The van der Waals surface area contributed by atoms with Crippen molar-refractivity contribution in [1.82, 2.24) is 19.2 Å². The van der Waals surface area contributed by atoms with Gasteiger partial charge in [0, 0.05) is 51.0 Å². The minimum absolute atomic E-state index is 0.296. The van der Waals surface area contributed by atoms with E-state index in [1.165, 1.54) is 0 Å². The monoisotopic (exact) mass is 332 g/mol. The molecule has 0 aromatic carbocycles. The molecule has 122 valence electrons. The van der Waals surface area contributed by atoms with Gasteiger partial charge in [0.1, 0.15) is 5.65 Å². The van der Waals surface area contributed by atoms with Crippen LogP contribution in [0.2, 0.25) is 5.02 Å². The largest absolute Gasteiger partial charge is 0.340 e. The highest BCUT2D eigenvalue weighted by molar-refractivity contribution is 6.30. The van der Waals surface area contributed by atoms with Crippen molar-refractivity contribution in [3.8, 4) is 0 Å². The lowest BCUT2D eigenvalue weighted by Crippen LogP contribution is -2.48. The van der Waals surface area contributed by atoms with Crippen molar-refractivity contribution in [2.24, 2.45) is 11.8 Å². The zero-order chi connectivity index (χ0) is 16.0. The van der Waals surface area contributed by atoms with Crippen molar-refractivity contribution in [2.45, 2.75) is 19.9 Å². The molecular formula is C17H21ClN4O. The number of carbonyl (C=O) groups is 1. The topological polar surface area (TPSA) is 40.9 Å². The molecule has 2 aliphatic rings. The van der Waals surface area contributed by atoms with E-state index < -0.39 is 0 Å². The Morgan fingerprint density at radius 3 is 2.70 bits per heavy atom. The lowest BCUT2D eigenvalue weighted by Gasteiger charge is -2.34. The Balaban J connectivity index is 1.36. The smallest absolute Gasteiger partial charge is 0.226 e. The summed E-state index contributed by atoms with van der Waals surface area (Å²) in [6, 6.07) is 3.79. The summed E-state index contributed by atoms with van der Waals surface area (Å²) in [4.78, 5) is 21.3.